The minimum absolute atomic E-state index is 0.167. The van der Waals surface area contributed by atoms with Crippen LogP contribution in [0.5, 0.6) is 0 Å². The number of amides is 3. The molecular formula is C38H45N7O3S. The van der Waals surface area contributed by atoms with Crippen molar-refractivity contribution in [1.29, 1.82) is 0 Å². The van der Waals surface area contributed by atoms with E-state index < -0.39 is 6.04 Å². The summed E-state index contributed by atoms with van der Waals surface area (Å²) in [5, 5.41) is 5.20. The molecule has 10 nitrogen and oxygen atoms in total. The second-order valence-corrected chi connectivity index (χ2v) is 13.8. The number of unbranched alkanes of at least 4 members (excludes halogenated alkanes) is 6. The second kappa shape index (κ2) is 16.7. The van der Waals surface area contributed by atoms with Gasteiger partial charge in [-0.05, 0) is 54.3 Å². The number of carbonyl (C=O) groups excluding carboxylic acids is 3. The maximum Gasteiger partial charge on any atom is 0.255 e. The predicted molar refractivity (Wildman–Crippen MR) is 194 cm³/mol. The van der Waals surface area contributed by atoms with Crippen molar-refractivity contribution in [3.8, 4) is 11.1 Å². The maximum atomic E-state index is 13.8. The molecule has 1 atom stereocenters. The van der Waals surface area contributed by atoms with Crippen molar-refractivity contribution in [2.24, 2.45) is 5.73 Å². The Kier molecular flexibility index (Phi) is 11.7. The number of piperazine rings is 1. The highest BCUT2D eigenvalue weighted by Crippen LogP contribution is 2.35. The third-order valence-electron chi connectivity index (χ3n) is 9.45. The molecule has 0 spiro atoms. The molecule has 1 unspecified atom stereocenters. The average Bonchev–Trinajstić information content (AvgIpc) is 3.75. The van der Waals surface area contributed by atoms with Crippen LogP contribution in [0.3, 0.4) is 0 Å². The highest BCUT2D eigenvalue weighted by Gasteiger charge is 2.38. The Balaban J connectivity index is 1.01. The molecule has 1 fully saturated rings. The highest BCUT2D eigenvalue weighted by molar-refractivity contribution is 7.13. The summed E-state index contributed by atoms with van der Waals surface area (Å²) < 4.78 is 0. The highest BCUT2D eigenvalue weighted by atomic mass is 32.1. The third kappa shape index (κ3) is 8.90. The van der Waals surface area contributed by atoms with E-state index in [1.54, 1.807) is 16.5 Å². The second-order valence-electron chi connectivity index (χ2n) is 12.9. The van der Waals surface area contributed by atoms with Crippen LogP contribution in [-0.2, 0) is 16.1 Å². The molecule has 3 amide bonds. The Morgan fingerprint density at radius 3 is 2.29 bits per heavy atom. The van der Waals surface area contributed by atoms with E-state index in [2.05, 4.69) is 32.2 Å². The van der Waals surface area contributed by atoms with Crippen molar-refractivity contribution in [3.05, 3.63) is 95.1 Å². The van der Waals surface area contributed by atoms with Crippen LogP contribution in [0.15, 0.2) is 78.4 Å². The molecule has 0 bridgehead atoms. The normalized spacial score (nSPS) is 15.3. The van der Waals surface area contributed by atoms with E-state index in [1.165, 1.54) is 43.4 Å². The summed E-state index contributed by atoms with van der Waals surface area (Å²) >= 11 is 1.34. The number of rotatable bonds is 16. The van der Waals surface area contributed by atoms with Gasteiger partial charge in [-0.2, -0.15) is 0 Å². The minimum Gasteiger partial charge on any atom is -0.370 e. The lowest BCUT2D eigenvalue weighted by molar-refractivity contribution is -0.121. The van der Waals surface area contributed by atoms with E-state index in [9.17, 15) is 14.4 Å². The molecule has 256 valence electrons. The van der Waals surface area contributed by atoms with E-state index in [1.807, 2.05) is 54.7 Å². The minimum atomic E-state index is -0.786. The van der Waals surface area contributed by atoms with Gasteiger partial charge in [-0.25, -0.2) is 9.97 Å². The number of nitrogens with two attached hydrogens (primary N) is 1. The van der Waals surface area contributed by atoms with Gasteiger partial charge in [0.05, 0.1) is 0 Å². The summed E-state index contributed by atoms with van der Waals surface area (Å²) in [6, 6.07) is 18.7. The van der Waals surface area contributed by atoms with Crippen molar-refractivity contribution in [2.75, 3.05) is 42.9 Å². The Hall–Kier alpha value is -4.61. The lowest BCUT2D eigenvalue weighted by Crippen LogP contribution is -2.46. The van der Waals surface area contributed by atoms with E-state index >= 15 is 0 Å². The zero-order valence-corrected chi connectivity index (χ0v) is 28.7. The van der Waals surface area contributed by atoms with Gasteiger partial charge in [-0.3, -0.25) is 24.6 Å². The number of thiazole rings is 1. The summed E-state index contributed by atoms with van der Waals surface area (Å²) in [6.45, 7) is 5.46. The first-order chi connectivity index (χ1) is 24.0. The van der Waals surface area contributed by atoms with Crippen molar-refractivity contribution >= 4 is 40.0 Å². The molecule has 6 rings (SSSR count). The molecular weight excluding hydrogens is 635 g/mol. The summed E-state index contributed by atoms with van der Waals surface area (Å²) in [4.78, 5) is 53.7. The first kappa shape index (κ1) is 34.3. The van der Waals surface area contributed by atoms with Crippen LogP contribution >= 0.6 is 11.3 Å². The fourth-order valence-corrected chi connectivity index (χ4v) is 7.27. The van der Waals surface area contributed by atoms with Gasteiger partial charge < -0.3 is 15.5 Å². The van der Waals surface area contributed by atoms with E-state index in [0.29, 0.717) is 23.7 Å². The van der Waals surface area contributed by atoms with Crippen molar-refractivity contribution < 1.29 is 14.4 Å². The van der Waals surface area contributed by atoms with Crippen LogP contribution in [0.2, 0.25) is 0 Å². The molecule has 0 saturated carbocycles. The Labute approximate surface area is 292 Å². The molecule has 2 aromatic heterocycles. The number of fused-ring (bicyclic) bond motifs is 1. The Bertz CT molecular complexity index is 1690. The smallest absolute Gasteiger partial charge is 0.255 e. The summed E-state index contributed by atoms with van der Waals surface area (Å²) in [5.74, 6) is 0.324. The molecule has 11 heteroatoms. The standard InChI is InChI=1S/C38H45N7O3S/c39-33(46)13-9-4-2-1-3-5-10-19-43-20-22-44(23-21-43)34-17-16-30(26-41-34)29-14-15-31-27-45(37(48)32(31)25-29)35(28-11-7-6-8-12-28)36(47)42-38-40-18-24-49-38/h6-8,11-12,14-18,24-26,35H,1-5,9-10,13,19-23,27H2,(H2,39,46)(H,40,42,47). The van der Waals surface area contributed by atoms with Gasteiger partial charge in [0.15, 0.2) is 5.13 Å². The zero-order valence-electron chi connectivity index (χ0n) is 27.9. The SMILES string of the molecule is NC(=O)CCCCCCCCCN1CCN(c2ccc(-c3ccc4c(c3)C(=O)N(C(C(=O)Nc3nccs3)c3ccccc3)C4)cn2)CC1. The molecule has 4 aromatic rings. The van der Waals surface area contributed by atoms with Crippen LogP contribution in [0.4, 0.5) is 10.9 Å². The molecule has 0 radical (unpaired) electrons. The van der Waals surface area contributed by atoms with Crippen LogP contribution in [0, 0.1) is 0 Å². The number of anilines is 2. The van der Waals surface area contributed by atoms with Crippen molar-refractivity contribution in [1.82, 2.24) is 19.8 Å². The molecule has 49 heavy (non-hydrogen) atoms. The number of carbonyl (C=O) groups is 3. The van der Waals surface area contributed by atoms with Gasteiger partial charge >= 0.3 is 0 Å². The zero-order chi connectivity index (χ0) is 34.0. The monoisotopic (exact) mass is 679 g/mol. The molecule has 2 aromatic carbocycles. The fraction of sp³-hybridized carbons (Fsp3) is 0.395. The number of primary amides is 1. The third-order valence-corrected chi connectivity index (χ3v) is 10.1. The number of pyridine rings is 1. The number of nitrogens with one attached hydrogen (secondary N) is 1. The van der Waals surface area contributed by atoms with Gasteiger partial charge in [-0.1, -0.05) is 74.6 Å². The van der Waals surface area contributed by atoms with Crippen LogP contribution in [0.1, 0.15) is 78.9 Å². The topological polar surface area (TPSA) is 125 Å². The van der Waals surface area contributed by atoms with Gasteiger partial charge in [-0.15, -0.1) is 11.3 Å². The van der Waals surface area contributed by atoms with E-state index in [-0.39, 0.29) is 17.7 Å². The summed E-state index contributed by atoms with van der Waals surface area (Å²) in [6.07, 6.45) is 12.2. The number of hydrogen-bond acceptors (Lipinski definition) is 8. The molecule has 0 aliphatic carbocycles. The van der Waals surface area contributed by atoms with Crippen LogP contribution in [0.25, 0.3) is 11.1 Å². The first-order valence-corrected chi connectivity index (χ1v) is 18.3. The van der Waals surface area contributed by atoms with Crippen molar-refractivity contribution in [3.63, 3.8) is 0 Å². The molecule has 1 saturated heterocycles. The van der Waals surface area contributed by atoms with Crippen LogP contribution < -0.4 is 16.0 Å². The molecule has 2 aliphatic rings. The number of aromatic nitrogens is 2. The van der Waals surface area contributed by atoms with Crippen LogP contribution in [-0.4, -0.2) is 70.2 Å². The predicted octanol–water partition coefficient (Wildman–Crippen LogP) is 6.27. The van der Waals surface area contributed by atoms with Gasteiger partial charge in [0.1, 0.15) is 11.9 Å². The van der Waals surface area contributed by atoms with Gasteiger partial charge in [0.25, 0.3) is 11.8 Å². The van der Waals surface area contributed by atoms with Gasteiger partial charge in [0.2, 0.25) is 5.91 Å². The van der Waals surface area contributed by atoms with Gasteiger partial charge in [0, 0.05) is 68.0 Å². The summed E-state index contributed by atoms with van der Waals surface area (Å²) in [5.41, 5.74) is 9.34. The molecule has 3 N–H and O–H groups in total. The number of nitrogens with zero attached hydrogens (tertiary/aromatic N) is 5. The Morgan fingerprint density at radius 2 is 1.59 bits per heavy atom. The summed E-state index contributed by atoms with van der Waals surface area (Å²) in [7, 11) is 0. The van der Waals surface area contributed by atoms with E-state index in [0.717, 1.165) is 73.6 Å². The van der Waals surface area contributed by atoms with Crippen molar-refractivity contribution in [2.45, 2.75) is 64.0 Å². The largest absolute Gasteiger partial charge is 0.370 e. The number of hydrogen-bond donors (Lipinski definition) is 2. The fourth-order valence-electron chi connectivity index (χ4n) is 6.74. The molecule has 4 heterocycles. The lowest BCUT2D eigenvalue weighted by atomic mass is 10.0. The van der Waals surface area contributed by atoms with E-state index in [4.69, 9.17) is 10.7 Å². The lowest BCUT2D eigenvalue weighted by Gasteiger charge is -2.35. The first-order valence-electron chi connectivity index (χ1n) is 17.4. The average molecular weight is 680 g/mol. The maximum absolute atomic E-state index is 13.8. The Morgan fingerprint density at radius 1 is 0.857 bits per heavy atom. The number of benzene rings is 2. The quantitative estimate of drug-likeness (QED) is 0.134. The molecule has 2 aliphatic heterocycles.